The average molecular weight is 203 g/mol. The van der Waals surface area contributed by atoms with Crippen molar-refractivity contribution in [1.29, 1.82) is 0 Å². The highest BCUT2D eigenvalue weighted by Crippen LogP contribution is 2.27. The number of aromatic nitrogens is 1. The first-order chi connectivity index (χ1) is 7.26. The highest BCUT2D eigenvalue weighted by atomic mass is 16.5. The number of nitrogens with one attached hydrogen (secondary N) is 1. The molecule has 1 heterocycles. The Morgan fingerprint density at radius 3 is 2.93 bits per heavy atom. The van der Waals surface area contributed by atoms with E-state index in [-0.39, 0.29) is 0 Å². The van der Waals surface area contributed by atoms with Gasteiger partial charge in [0.1, 0.15) is 5.75 Å². The van der Waals surface area contributed by atoms with E-state index in [0.29, 0.717) is 12.3 Å². The first-order valence-electron chi connectivity index (χ1n) is 4.96. The van der Waals surface area contributed by atoms with Crippen LogP contribution in [0.3, 0.4) is 0 Å². The summed E-state index contributed by atoms with van der Waals surface area (Å²) < 4.78 is 5.49. The summed E-state index contributed by atoms with van der Waals surface area (Å²) in [5.74, 6) is 0.876. The molecule has 3 nitrogen and oxygen atoms in total. The lowest BCUT2D eigenvalue weighted by molar-refractivity contribution is 0.112. The molecule has 0 unspecified atom stereocenters. The number of hydrogen-bond acceptors (Lipinski definition) is 2. The summed E-state index contributed by atoms with van der Waals surface area (Å²) >= 11 is 0. The number of hydrogen-bond donors (Lipinski definition) is 1. The quantitative estimate of drug-likeness (QED) is 0.779. The molecule has 0 fully saturated rings. The van der Waals surface area contributed by atoms with Crippen LogP contribution in [0.5, 0.6) is 5.75 Å². The smallest absolute Gasteiger partial charge is 0.166 e. The van der Waals surface area contributed by atoms with Crippen molar-refractivity contribution in [2.24, 2.45) is 0 Å². The number of ether oxygens (including phenoxy) is 1. The van der Waals surface area contributed by atoms with Gasteiger partial charge in [0.25, 0.3) is 0 Å². The van der Waals surface area contributed by atoms with Crippen molar-refractivity contribution < 1.29 is 9.53 Å². The molecule has 0 saturated heterocycles. The SMILES string of the molecule is CCOc1ccc2[nH]c(C=O)cc2c1C. The van der Waals surface area contributed by atoms with Crippen LogP contribution >= 0.6 is 0 Å². The fourth-order valence-corrected chi connectivity index (χ4v) is 1.73. The minimum absolute atomic E-state index is 0.599. The van der Waals surface area contributed by atoms with E-state index in [1.165, 1.54) is 0 Å². The molecule has 0 aliphatic rings. The third kappa shape index (κ3) is 1.61. The minimum Gasteiger partial charge on any atom is -0.494 e. The maximum atomic E-state index is 10.6. The fourth-order valence-electron chi connectivity index (χ4n) is 1.73. The number of H-pyrrole nitrogens is 1. The predicted molar refractivity (Wildman–Crippen MR) is 59.6 cm³/mol. The first-order valence-corrected chi connectivity index (χ1v) is 4.96. The molecule has 1 N–H and O–H groups in total. The van der Waals surface area contributed by atoms with Crippen LogP contribution in [0.15, 0.2) is 18.2 Å². The maximum absolute atomic E-state index is 10.6. The molecule has 78 valence electrons. The Bertz CT molecular complexity index is 500. The summed E-state index contributed by atoms with van der Waals surface area (Å²) in [6.07, 6.45) is 0.819. The molecule has 2 aromatic rings. The lowest BCUT2D eigenvalue weighted by Gasteiger charge is -2.06. The second-order valence-electron chi connectivity index (χ2n) is 3.43. The van der Waals surface area contributed by atoms with Crippen LogP contribution in [0.25, 0.3) is 10.9 Å². The monoisotopic (exact) mass is 203 g/mol. The van der Waals surface area contributed by atoms with Gasteiger partial charge in [0, 0.05) is 16.5 Å². The van der Waals surface area contributed by atoms with Crippen LogP contribution in [-0.4, -0.2) is 17.9 Å². The van der Waals surface area contributed by atoms with Gasteiger partial charge in [-0.1, -0.05) is 0 Å². The van der Waals surface area contributed by atoms with Crippen LogP contribution in [0.2, 0.25) is 0 Å². The predicted octanol–water partition coefficient (Wildman–Crippen LogP) is 2.69. The van der Waals surface area contributed by atoms with E-state index in [0.717, 1.165) is 28.5 Å². The largest absolute Gasteiger partial charge is 0.494 e. The van der Waals surface area contributed by atoms with Gasteiger partial charge in [-0.3, -0.25) is 4.79 Å². The van der Waals surface area contributed by atoms with Crippen LogP contribution < -0.4 is 4.74 Å². The number of benzene rings is 1. The molecule has 1 aromatic heterocycles. The molecule has 0 aliphatic carbocycles. The Balaban J connectivity index is 2.61. The van der Waals surface area contributed by atoms with E-state index >= 15 is 0 Å². The van der Waals surface area contributed by atoms with Crippen LogP contribution in [0.4, 0.5) is 0 Å². The van der Waals surface area contributed by atoms with Crippen LogP contribution in [-0.2, 0) is 0 Å². The molecule has 0 aliphatic heterocycles. The van der Waals surface area contributed by atoms with Crippen molar-refractivity contribution >= 4 is 17.2 Å². The number of aryl methyl sites for hydroxylation is 1. The number of aldehydes is 1. The zero-order valence-corrected chi connectivity index (χ0v) is 8.83. The zero-order valence-electron chi connectivity index (χ0n) is 8.83. The molecule has 0 atom stereocenters. The Morgan fingerprint density at radius 2 is 2.27 bits per heavy atom. The third-order valence-corrected chi connectivity index (χ3v) is 2.47. The highest BCUT2D eigenvalue weighted by Gasteiger charge is 2.06. The van der Waals surface area contributed by atoms with E-state index in [1.807, 2.05) is 32.0 Å². The maximum Gasteiger partial charge on any atom is 0.166 e. The highest BCUT2D eigenvalue weighted by molar-refractivity contribution is 5.91. The summed E-state index contributed by atoms with van der Waals surface area (Å²) in [6, 6.07) is 5.70. The molecule has 1 aromatic carbocycles. The van der Waals surface area contributed by atoms with Crippen molar-refractivity contribution in [3.63, 3.8) is 0 Å². The van der Waals surface area contributed by atoms with Gasteiger partial charge in [-0.15, -0.1) is 0 Å². The van der Waals surface area contributed by atoms with Crippen molar-refractivity contribution in [1.82, 2.24) is 4.98 Å². The van der Waals surface area contributed by atoms with Gasteiger partial charge in [-0.2, -0.15) is 0 Å². The molecule has 0 saturated carbocycles. The molecule has 0 amide bonds. The molecule has 2 rings (SSSR count). The third-order valence-electron chi connectivity index (χ3n) is 2.47. The molecule has 0 radical (unpaired) electrons. The molecular weight excluding hydrogens is 190 g/mol. The zero-order chi connectivity index (χ0) is 10.8. The van der Waals surface area contributed by atoms with Gasteiger partial charge < -0.3 is 9.72 Å². The first kappa shape index (κ1) is 9.77. The van der Waals surface area contributed by atoms with Crippen LogP contribution in [0.1, 0.15) is 23.0 Å². The van der Waals surface area contributed by atoms with Crippen molar-refractivity contribution in [2.75, 3.05) is 6.61 Å². The number of carbonyl (C=O) groups excluding carboxylic acids is 1. The van der Waals surface area contributed by atoms with E-state index in [1.54, 1.807) is 0 Å². The van der Waals surface area contributed by atoms with Gasteiger partial charge in [0.05, 0.1) is 12.3 Å². The summed E-state index contributed by atoms with van der Waals surface area (Å²) in [4.78, 5) is 13.7. The molecule has 0 spiro atoms. The Labute approximate surface area is 88.1 Å². The van der Waals surface area contributed by atoms with E-state index in [2.05, 4.69) is 4.98 Å². The molecule has 3 heteroatoms. The fraction of sp³-hybridized carbons (Fsp3) is 0.250. The summed E-state index contributed by atoms with van der Waals surface area (Å²) in [5, 5.41) is 1.04. The molecule has 15 heavy (non-hydrogen) atoms. The topological polar surface area (TPSA) is 42.1 Å². The molecule has 0 bridgehead atoms. The van der Waals surface area contributed by atoms with Gasteiger partial charge in [0.2, 0.25) is 0 Å². The number of rotatable bonds is 3. The Hall–Kier alpha value is -1.77. The molecular formula is C12H13NO2. The second-order valence-corrected chi connectivity index (χ2v) is 3.43. The minimum atomic E-state index is 0.599. The Morgan fingerprint density at radius 1 is 1.47 bits per heavy atom. The standard InChI is InChI=1S/C12H13NO2/c1-3-15-12-5-4-11-10(8(12)2)6-9(7-14)13-11/h4-7,13H,3H2,1-2H3. The lowest BCUT2D eigenvalue weighted by Crippen LogP contribution is -1.93. The van der Waals surface area contributed by atoms with E-state index < -0.39 is 0 Å². The summed E-state index contributed by atoms with van der Waals surface area (Å²) in [6.45, 7) is 4.60. The summed E-state index contributed by atoms with van der Waals surface area (Å²) in [7, 11) is 0. The van der Waals surface area contributed by atoms with E-state index in [4.69, 9.17) is 4.74 Å². The average Bonchev–Trinajstić information content (AvgIpc) is 2.66. The van der Waals surface area contributed by atoms with Crippen LogP contribution in [0, 0.1) is 6.92 Å². The van der Waals surface area contributed by atoms with Gasteiger partial charge >= 0.3 is 0 Å². The summed E-state index contributed by atoms with van der Waals surface area (Å²) in [5.41, 5.74) is 2.64. The number of aromatic amines is 1. The van der Waals surface area contributed by atoms with Gasteiger partial charge in [0.15, 0.2) is 6.29 Å². The van der Waals surface area contributed by atoms with Crippen molar-refractivity contribution in [3.05, 3.63) is 29.5 Å². The number of carbonyl (C=O) groups is 1. The normalized spacial score (nSPS) is 10.5. The lowest BCUT2D eigenvalue weighted by atomic mass is 10.1. The second kappa shape index (κ2) is 3.77. The van der Waals surface area contributed by atoms with Gasteiger partial charge in [-0.25, -0.2) is 0 Å². The van der Waals surface area contributed by atoms with E-state index in [9.17, 15) is 4.79 Å². The van der Waals surface area contributed by atoms with Gasteiger partial charge in [-0.05, 0) is 32.0 Å². The Kier molecular flexibility index (Phi) is 2.46. The number of fused-ring (bicyclic) bond motifs is 1. The van der Waals surface area contributed by atoms with Crippen molar-refractivity contribution in [2.45, 2.75) is 13.8 Å². The van der Waals surface area contributed by atoms with Crippen molar-refractivity contribution in [3.8, 4) is 5.75 Å².